The molecular weight excluding hydrogens is 442 g/mol. The van der Waals surface area contributed by atoms with Crippen molar-refractivity contribution >= 4 is 35.3 Å². The van der Waals surface area contributed by atoms with Crippen molar-refractivity contribution in [3.8, 4) is 0 Å². The third-order valence-corrected chi connectivity index (χ3v) is 6.56. The van der Waals surface area contributed by atoms with Gasteiger partial charge in [0, 0.05) is 29.7 Å². The molecule has 1 aliphatic rings. The van der Waals surface area contributed by atoms with Crippen molar-refractivity contribution in [2.24, 2.45) is 0 Å². The van der Waals surface area contributed by atoms with E-state index in [1.54, 1.807) is 7.11 Å². The van der Waals surface area contributed by atoms with Crippen LogP contribution in [0.25, 0.3) is 0 Å². The maximum Gasteiger partial charge on any atom is 0.414 e. The highest BCUT2D eigenvalue weighted by molar-refractivity contribution is 7.99. The quantitative estimate of drug-likeness (QED) is 0.366. The highest BCUT2D eigenvalue weighted by atomic mass is 35.5. The van der Waals surface area contributed by atoms with E-state index in [1.807, 2.05) is 23.9 Å². The van der Waals surface area contributed by atoms with Gasteiger partial charge in [0.1, 0.15) is 0 Å². The van der Waals surface area contributed by atoms with Crippen LogP contribution in [0.3, 0.4) is 0 Å². The number of halogens is 1. The number of thioether (sulfide) groups is 1. The van der Waals surface area contributed by atoms with E-state index in [1.165, 1.54) is 44.3 Å². The van der Waals surface area contributed by atoms with Crippen LogP contribution >= 0.6 is 23.4 Å². The zero-order chi connectivity index (χ0) is 23.1. The normalized spacial score (nSPS) is 18.8. The third kappa shape index (κ3) is 12.3. The van der Waals surface area contributed by atoms with Crippen LogP contribution in [0, 0.1) is 0 Å². The smallest absolute Gasteiger partial charge is 0.414 e. The van der Waals surface area contributed by atoms with Gasteiger partial charge < -0.3 is 24.6 Å². The first-order valence-corrected chi connectivity index (χ1v) is 11.9. The summed E-state index contributed by atoms with van der Waals surface area (Å²) >= 11 is 8.00. The zero-order valence-electron chi connectivity index (χ0n) is 18.3. The first-order chi connectivity index (χ1) is 14.9. The summed E-state index contributed by atoms with van der Waals surface area (Å²) in [6.45, 7) is 7.05. The Morgan fingerprint density at radius 1 is 1.16 bits per heavy atom. The van der Waals surface area contributed by atoms with Crippen molar-refractivity contribution in [3.63, 3.8) is 0 Å². The van der Waals surface area contributed by atoms with Crippen molar-refractivity contribution in [2.75, 3.05) is 40.0 Å². The second-order valence-corrected chi connectivity index (χ2v) is 8.95. The van der Waals surface area contributed by atoms with Crippen molar-refractivity contribution in [3.05, 3.63) is 34.9 Å². The lowest BCUT2D eigenvalue weighted by molar-refractivity contribution is -0.159. The Hall–Kier alpha value is -1.32. The maximum absolute atomic E-state index is 9.10. The topological polar surface area (TPSA) is 96.3 Å². The van der Waals surface area contributed by atoms with Gasteiger partial charge in [0.25, 0.3) is 0 Å². The predicted molar refractivity (Wildman–Crippen MR) is 124 cm³/mol. The number of carboxylic acids is 2. The highest BCUT2D eigenvalue weighted by Crippen LogP contribution is 2.29. The molecule has 1 aromatic rings. The molecule has 2 N–H and O–H groups in total. The molecule has 0 saturated carbocycles. The van der Waals surface area contributed by atoms with Gasteiger partial charge in [-0.25, -0.2) is 9.59 Å². The average molecular weight is 476 g/mol. The number of nitrogens with zero attached hydrogens (tertiary/aromatic N) is 1. The summed E-state index contributed by atoms with van der Waals surface area (Å²) in [5, 5.41) is 16.1. The lowest BCUT2D eigenvalue weighted by Gasteiger charge is -2.38. The minimum absolute atomic E-state index is 0.294. The van der Waals surface area contributed by atoms with Gasteiger partial charge in [-0.05, 0) is 43.6 Å². The fraction of sp³-hybridized carbons (Fsp3) is 0.636. The zero-order valence-corrected chi connectivity index (χ0v) is 19.9. The molecule has 0 spiro atoms. The lowest BCUT2D eigenvalue weighted by Crippen LogP contribution is -2.47. The van der Waals surface area contributed by atoms with E-state index in [0.717, 1.165) is 17.3 Å². The van der Waals surface area contributed by atoms with E-state index in [9.17, 15) is 0 Å². The number of carboxylic acid groups (broad SMARTS) is 2. The van der Waals surface area contributed by atoms with Crippen LogP contribution in [0.1, 0.15) is 38.2 Å². The molecule has 0 bridgehead atoms. The number of hydrogen-bond donors (Lipinski definition) is 2. The number of aliphatic carboxylic acids is 2. The number of likely N-dealkylation sites (tertiary alicyclic amines) is 1. The summed E-state index contributed by atoms with van der Waals surface area (Å²) in [5.74, 6) is -2.63. The molecule has 7 nitrogen and oxygen atoms in total. The largest absolute Gasteiger partial charge is 0.473 e. The number of carbonyl (C=O) groups is 2. The minimum atomic E-state index is -1.82. The first-order valence-electron chi connectivity index (χ1n) is 10.5. The monoisotopic (exact) mass is 475 g/mol. The van der Waals surface area contributed by atoms with Gasteiger partial charge in [-0.3, -0.25) is 0 Å². The molecule has 1 heterocycles. The number of methoxy groups -OCH3 is 1. The minimum Gasteiger partial charge on any atom is -0.473 e. The number of hydrogen-bond acceptors (Lipinski definition) is 6. The van der Waals surface area contributed by atoms with E-state index in [0.29, 0.717) is 24.6 Å². The predicted octanol–water partition coefficient (Wildman–Crippen LogP) is 4.02. The summed E-state index contributed by atoms with van der Waals surface area (Å²) in [4.78, 5) is 20.8. The van der Waals surface area contributed by atoms with Gasteiger partial charge in [0.15, 0.2) is 0 Å². The molecule has 0 radical (unpaired) electrons. The van der Waals surface area contributed by atoms with Gasteiger partial charge in [0.2, 0.25) is 0 Å². The average Bonchev–Trinajstić information content (AvgIpc) is 2.75. The molecular formula is C22H34ClNO6S. The third-order valence-electron chi connectivity index (χ3n) is 4.84. The molecule has 0 unspecified atom stereocenters. The Morgan fingerprint density at radius 3 is 2.42 bits per heavy atom. The van der Waals surface area contributed by atoms with Crippen LogP contribution in [0.4, 0.5) is 0 Å². The van der Waals surface area contributed by atoms with Crippen molar-refractivity contribution in [2.45, 2.75) is 49.7 Å². The van der Waals surface area contributed by atoms with Crippen LogP contribution in [-0.2, 0) is 24.8 Å². The van der Waals surface area contributed by atoms with E-state index < -0.39 is 11.9 Å². The fourth-order valence-electron chi connectivity index (χ4n) is 3.16. The Balaban J connectivity index is 0.000000703. The first kappa shape index (κ1) is 27.7. The van der Waals surface area contributed by atoms with Gasteiger partial charge >= 0.3 is 11.9 Å². The van der Waals surface area contributed by atoms with Crippen LogP contribution in [-0.4, -0.2) is 78.4 Å². The number of unbranched alkanes of at least 4 members (excludes halogenated alkanes) is 2. The van der Waals surface area contributed by atoms with Gasteiger partial charge in [-0.2, -0.15) is 11.8 Å². The molecule has 31 heavy (non-hydrogen) atoms. The van der Waals surface area contributed by atoms with Crippen LogP contribution in [0.2, 0.25) is 5.02 Å². The van der Waals surface area contributed by atoms with E-state index in [2.05, 4.69) is 24.0 Å². The molecule has 9 heteroatoms. The second-order valence-electron chi connectivity index (χ2n) is 7.28. The summed E-state index contributed by atoms with van der Waals surface area (Å²) in [6, 6.07) is 8.19. The maximum atomic E-state index is 9.10. The lowest BCUT2D eigenvalue weighted by atomic mass is 10.1. The molecule has 176 valence electrons. The molecule has 2 rings (SSSR count). The van der Waals surface area contributed by atoms with Gasteiger partial charge in [-0.1, -0.05) is 43.5 Å². The van der Waals surface area contributed by atoms with Gasteiger partial charge in [-0.15, -0.1) is 0 Å². The van der Waals surface area contributed by atoms with E-state index in [4.69, 9.17) is 40.9 Å². The van der Waals surface area contributed by atoms with Crippen molar-refractivity contribution in [1.82, 2.24) is 4.90 Å². The second kappa shape index (κ2) is 16.3. The van der Waals surface area contributed by atoms with Crippen LogP contribution < -0.4 is 0 Å². The van der Waals surface area contributed by atoms with E-state index in [-0.39, 0.29) is 0 Å². The molecule has 1 fully saturated rings. The Morgan fingerprint density at radius 2 is 1.84 bits per heavy atom. The van der Waals surface area contributed by atoms with Gasteiger partial charge in [0.05, 0.1) is 19.3 Å². The highest BCUT2D eigenvalue weighted by Gasteiger charge is 2.30. The Labute approximate surface area is 194 Å². The number of ether oxygens (including phenoxy) is 2. The molecule has 0 aliphatic carbocycles. The molecule has 2 atom stereocenters. The van der Waals surface area contributed by atoms with Crippen molar-refractivity contribution in [1.29, 1.82) is 0 Å². The summed E-state index contributed by atoms with van der Waals surface area (Å²) < 4.78 is 11.3. The van der Waals surface area contributed by atoms with Crippen LogP contribution in [0.15, 0.2) is 24.3 Å². The fourth-order valence-corrected chi connectivity index (χ4v) is 4.54. The standard InChI is InChI=1S/C20H32ClNO2S.C2H2O4/c1-3-4-5-11-22-12-10-20(19(15-22)24-14-13-23-2)25-16-17-6-8-18(21)9-7-17;3-1(4)2(5)6/h6-9,19-20H,3-5,10-16H2,1-2H3;(H,3,4)(H,5,6)/t19-,20-;/m1./s1. The SMILES string of the molecule is CCCCCN1CC[C@@H](SCc2ccc(Cl)cc2)[C@H](OCCOC)C1.O=C(O)C(=O)O. The Kier molecular flexibility index (Phi) is 14.6. The molecule has 0 amide bonds. The number of piperidine rings is 1. The molecule has 1 aromatic carbocycles. The van der Waals surface area contributed by atoms with E-state index >= 15 is 0 Å². The Bertz CT molecular complexity index is 633. The van der Waals surface area contributed by atoms with Crippen molar-refractivity contribution < 1.29 is 29.3 Å². The molecule has 1 saturated heterocycles. The summed E-state index contributed by atoms with van der Waals surface area (Å²) in [5.41, 5.74) is 1.33. The van der Waals surface area contributed by atoms with Crippen LogP contribution in [0.5, 0.6) is 0 Å². The number of rotatable bonds is 11. The summed E-state index contributed by atoms with van der Waals surface area (Å²) in [7, 11) is 1.73. The number of benzene rings is 1. The molecule has 0 aromatic heterocycles. The summed E-state index contributed by atoms with van der Waals surface area (Å²) in [6.07, 6.45) is 5.39. The molecule has 1 aliphatic heterocycles.